The Kier molecular flexibility index (Phi) is 3.21. The van der Waals surface area contributed by atoms with Crippen molar-refractivity contribution >= 4 is 28.9 Å². The van der Waals surface area contributed by atoms with Gasteiger partial charge in [-0.2, -0.15) is 0 Å². The Morgan fingerprint density at radius 1 is 1.22 bits per heavy atom. The van der Waals surface area contributed by atoms with Crippen LogP contribution in [0.25, 0.3) is 11.4 Å². The Morgan fingerprint density at radius 2 is 1.89 bits per heavy atom. The van der Waals surface area contributed by atoms with Crippen molar-refractivity contribution in [2.75, 3.05) is 5.73 Å². The summed E-state index contributed by atoms with van der Waals surface area (Å²) in [5, 5.41) is 12.4. The predicted molar refractivity (Wildman–Crippen MR) is 72.7 cm³/mol. The number of halogens is 2. The molecule has 0 saturated heterocycles. The highest BCUT2D eigenvalue weighted by molar-refractivity contribution is 6.43. The number of hydrogen-bond acceptors (Lipinski definition) is 4. The Hall–Kier alpha value is -1.33. The first kappa shape index (κ1) is 13.1. The monoisotopic (exact) mass is 285 g/mol. The molecule has 1 heterocycles. The summed E-state index contributed by atoms with van der Waals surface area (Å²) in [7, 11) is 0. The summed E-state index contributed by atoms with van der Waals surface area (Å²) in [5.74, 6) is 0.604. The first-order valence-corrected chi connectivity index (χ1v) is 6.10. The average Bonchev–Trinajstić information content (AvgIpc) is 2.73. The zero-order chi connectivity index (χ0) is 13.5. The maximum Gasteiger partial charge on any atom is 0.182 e. The summed E-state index contributed by atoms with van der Waals surface area (Å²) in [5.41, 5.74) is 6.70. The zero-order valence-electron chi connectivity index (χ0n) is 10.3. The molecule has 2 aromatic rings. The lowest BCUT2D eigenvalue weighted by Crippen LogP contribution is -2.24. The molecule has 0 fully saturated rings. The van der Waals surface area contributed by atoms with E-state index < -0.39 is 0 Å². The molecule has 0 aliphatic carbocycles. The fraction of sp³-hybridized carbons (Fsp3) is 0.364. The number of benzene rings is 1. The Labute approximate surface area is 115 Å². The van der Waals surface area contributed by atoms with Gasteiger partial charge in [-0.25, -0.2) is 4.68 Å². The minimum absolute atomic E-state index is 0.236. The molecular formula is C11H13Cl2N5. The van der Waals surface area contributed by atoms with Crippen molar-refractivity contribution in [3.05, 3.63) is 22.2 Å². The standard InChI is InChI=1S/C11H13Cl2N5/c1-11(2,3)18-10(15-16-17-18)6-4-7(12)9(13)8(14)5-6/h4-5H,14H2,1-3H3. The Bertz CT molecular complexity index is 562. The van der Waals surface area contributed by atoms with Crippen LogP contribution in [-0.2, 0) is 5.54 Å². The summed E-state index contributed by atoms with van der Waals surface area (Å²) in [4.78, 5) is 0. The van der Waals surface area contributed by atoms with Crippen molar-refractivity contribution in [1.29, 1.82) is 0 Å². The Morgan fingerprint density at radius 3 is 2.44 bits per heavy atom. The smallest absolute Gasteiger partial charge is 0.182 e. The van der Waals surface area contributed by atoms with Crippen LogP contribution in [0.4, 0.5) is 5.69 Å². The largest absolute Gasteiger partial charge is 0.397 e. The summed E-state index contributed by atoms with van der Waals surface area (Å²) in [6.07, 6.45) is 0. The van der Waals surface area contributed by atoms with Crippen LogP contribution in [0.1, 0.15) is 20.8 Å². The molecule has 0 atom stereocenters. The first-order chi connectivity index (χ1) is 8.30. The van der Waals surface area contributed by atoms with Crippen LogP contribution in [0, 0.1) is 0 Å². The third-order valence-electron chi connectivity index (χ3n) is 2.42. The highest BCUT2D eigenvalue weighted by Gasteiger charge is 2.21. The van der Waals surface area contributed by atoms with Gasteiger partial charge in [0.15, 0.2) is 5.82 Å². The van der Waals surface area contributed by atoms with Crippen LogP contribution in [0.2, 0.25) is 10.0 Å². The number of nitrogens with zero attached hydrogens (tertiary/aromatic N) is 4. The van der Waals surface area contributed by atoms with E-state index in [1.807, 2.05) is 20.8 Å². The molecule has 96 valence electrons. The summed E-state index contributed by atoms with van der Waals surface area (Å²) < 4.78 is 1.71. The van der Waals surface area contributed by atoms with Crippen molar-refractivity contribution < 1.29 is 0 Å². The fourth-order valence-corrected chi connectivity index (χ4v) is 1.89. The van der Waals surface area contributed by atoms with Gasteiger partial charge in [-0.15, -0.1) is 5.10 Å². The van der Waals surface area contributed by atoms with E-state index in [9.17, 15) is 0 Å². The summed E-state index contributed by atoms with van der Waals surface area (Å²) in [6.45, 7) is 6.02. The molecule has 0 bridgehead atoms. The molecule has 7 heteroatoms. The molecule has 0 amide bonds. The second kappa shape index (κ2) is 4.40. The van der Waals surface area contributed by atoms with Crippen molar-refractivity contribution in [2.45, 2.75) is 26.3 Å². The minimum Gasteiger partial charge on any atom is -0.397 e. The number of anilines is 1. The lowest BCUT2D eigenvalue weighted by molar-refractivity contribution is 0.351. The fourth-order valence-electron chi connectivity index (χ4n) is 1.56. The molecule has 0 unspecified atom stereocenters. The van der Waals surface area contributed by atoms with Crippen LogP contribution in [0.3, 0.4) is 0 Å². The molecule has 0 spiro atoms. The molecule has 1 aromatic heterocycles. The van der Waals surface area contributed by atoms with E-state index in [0.29, 0.717) is 21.6 Å². The maximum absolute atomic E-state index is 6.01. The Balaban J connectivity index is 2.60. The van der Waals surface area contributed by atoms with E-state index in [2.05, 4.69) is 15.5 Å². The van der Waals surface area contributed by atoms with Crippen molar-refractivity contribution in [1.82, 2.24) is 20.2 Å². The molecule has 1 aromatic carbocycles. The van der Waals surface area contributed by atoms with Gasteiger partial charge in [0.25, 0.3) is 0 Å². The van der Waals surface area contributed by atoms with Gasteiger partial charge in [0, 0.05) is 5.56 Å². The quantitative estimate of drug-likeness (QED) is 0.818. The number of hydrogen-bond donors (Lipinski definition) is 1. The second-order valence-corrected chi connectivity index (χ2v) is 5.73. The molecule has 18 heavy (non-hydrogen) atoms. The molecule has 2 rings (SSSR count). The molecule has 0 aliphatic heterocycles. The van der Waals surface area contributed by atoms with E-state index in [4.69, 9.17) is 28.9 Å². The maximum atomic E-state index is 6.01. The predicted octanol–water partition coefficient (Wildman–Crippen LogP) is 2.98. The number of tetrazole rings is 1. The van der Waals surface area contributed by atoms with Gasteiger partial charge < -0.3 is 5.73 Å². The van der Waals surface area contributed by atoms with Crippen molar-refractivity contribution in [3.63, 3.8) is 0 Å². The number of rotatable bonds is 1. The third-order valence-corrected chi connectivity index (χ3v) is 3.24. The van der Waals surface area contributed by atoms with Crippen LogP contribution in [0.15, 0.2) is 12.1 Å². The molecule has 0 radical (unpaired) electrons. The van der Waals surface area contributed by atoms with E-state index in [0.717, 1.165) is 5.56 Å². The van der Waals surface area contributed by atoms with E-state index in [1.54, 1.807) is 16.8 Å². The van der Waals surface area contributed by atoms with Crippen LogP contribution >= 0.6 is 23.2 Å². The lowest BCUT2D eigenvalue weighted by Gasteiger charge is -2.20. The molecule has 0 aliphatic rings. The van der Waals surface area contributed by atoms with Crippen LogP contribution < -0.4 is 5.73 Å². The van der Waals surface area contributed by atoms with E-state index in [-0.39, 0.29) is 5.54 Å². The molecule has 2 N–H and O–H groups in total. The first-order valence-electron chi connectivity index (χ1n) is 5.34. The topological polar surface area (TPSA) is 69.6 Å². The van der Waals surface area contributed by atoms with Gasteiger partial charge in [-0.1, -0.05) is 23.2 Å². The minimum atomic E-state index is -0.236. The summed E-state index contributed by atoms with van der Waals surface area (Å²) >= 11 is 11.9. The van der Waals surface area contributed by atoms with Gasteiger partial charge in [0.1, 0.15) is 0 Å². The van der Waals surface area contributed by atoms with Crippen LogP contribution in [-0.4, -0.2) is 20.2 Å². The SMILES string of the molecule is CC(C)(C)n1nnnc1-c1cc(N)c(Cl)c(Cl)c1. The van der Waals surface area contributed by atoms with Crippen molar-refractivity contribution in [2.24, 2.45) is 0 Å². The van der Waals surface area contributed by atoms with Crippen molar-refractivity contribution in [3.8, 4) is 11.4 Å². The van der Waals surface area contributed by atoms with Gasteiger partial charge >= 0.3 is 0 Å². The highest BCUT2D eigenvalue weighted by atomic mass is 35.5. The van der Waals surface area contributed by atoms with E-state index in [1.165, 1.54) is 0 Å². The van der Waals surface area contributed by atoms with Gasteiger partial charge in [-0.05, 0) is 43.3 Å². The average molecular weight is 286 g/mol. The number of nitrogen functional groups attached to an aromatic ring is 1. The van der Waals surface area contributed by atoms with Gasteiger partial charge in [-0.3, -0.25) is 0 Å². The molecule has 5 nitrogen and oxygen atoms in total. The van der Waals surface area contributed by atoms with Gasteiger partial charge in [0.2, 0.25) is 0 Å². The molecular weight excluding hydrogens is 273 g/mol. The number of aromatic nitrogens is 4. The van der Waals surface area contributed by atoms with Gasteiger partial charge in [0.05, 0.1) is 21.3 Å². The number of nitrogens with two attached hydrogens (primary N) is 1. The third kappa shape index (κ3) is 2.28. The second-order valence-electron chi connectivity index (χ2n) is 4.95. The zero-order valence-corrected chi connectivity index (χ0v) is 11.8. The normalized spacial score (nSPS) is 11.8. The van der Waals surface area contributed by atoms with Crippen LogP contribution in [0.5, 0.6) is 0 Å². The lowest BCUT2D eigenvalue weighted by atomic mass is 10.1. The molecule has 0 saturated carbocycles. The summed E-state index contributed by atoms with van der Waals surface area (Å²) in [6, 6.07) is 3.41. The van der Waals surface area contributed by atoms with E-state index >= 15 is 0 Å². The highest BCUT2D eigenvalue weighted by Crippen LogP contribution is 2.33.